The molecular weight excluding hydrogens is 473 g/mol. The van der Waals surface area contributed by atoms with Gasteiger partial charge >= 0.3 is 5.97 Å². The molecule has 3 aromatic carbocycles. The number of benzene rings is 3. The molecule has 0 heterocycles. The summed E-state index contributed by atoms with van der Waals surface area (Å²) in [6, 6.07) is 17.6. The fraction of sp³-hybridized carbons (Fsp3) is 0.120. The molecule has 3 rings (SSSR count). The quantitative estimate of drug-likeness (QED) is 0.307. The van der Waals surface area contributed by atoms with Crippen molar-refractivity contribution in [2.75, 3.05) is 25.6 Å². The number of ether oxygens (including phenoxy) is 3. The summed E-state index contributed by atoms with van der Waals surface area (Å²) in [5.74, 6) is -2.67. The van der Waals surface area contributed by atoms with Gasteiger partial charge in [0.25, 0.3) is 17.7 Å². The van der Waals surface area contributed by atoms with Gasteiger partial charge in [-0.05, 0) is 54.6 Å². The SMILES string of the molecule is COc1cc(C(=O)OCC(=O)NNC(=O)c2ccccc2)ccc1OCC(=O)Nc1ccc(F)cc1. The van der Waals surface area contributed by atoms with E-state index in [1.807, 2.05) is 0 Å². The van der Waals surface area contributed by atoms with Crippen molar-refractivity contribution in [2.24, 2.45) is 0 Å². The normalized spacial score (nSPS) is 10.1. The molecule has 0 fully saturated rings. The number of amides is 3. The van der Waals surface area contributed by atoms with Gasteiger partial charge in [0.2, 0.25) is 0 Å². The Hall–Kier alpha value is -4.93. The van der Waals surface area contributed by atoms with Crippen LogP contribution in [0.2, 0.25) is 0 Å². The fourth-order valence-corrected chi connectivity index (χ4v) is 2.83. The fourth-order valence-electron chi connectivity index (χ4n) is 2.83. The van der Waals surface area contributed by atoms with Crippen molar-refractivity contribution >= 4 is 29.4 Å². The summed E-state index contributed by atoms with van der Waals surface area (Å²) in [5, 5.41) is 2.55. The molecule has 3 aromatic rings. The summed E-state index contributed by atoms with van der Waals surface area (Å²) in [7, 11) is 1.35. The molecule has 0 aromatic heterocycles. The van der Waals surface area contributed by atoms with Gasteiger partial charge in [-0.1, -0.05) is 18.2 Å². The minimum absolute atomic E-state index is 0.0658. The standard InChI is InChI=1S/C25H22FN3O7/c1-34-21-13-17(7-12-20(21)35-14-22(30)27-19-10-8-18(26)9-11-19)25(33)36-15-23(31)28-29-24(32)16-5-3-2-4-6-16/h2-13H,14-15H2,1H3,(H,27,30)(H,28,31)(H,29,32). The predicted molar refractivity (Wildman–Crippen MR) is 126 cm³/mol. The predicted octanol–water partition coefficient (Wildman–Crippen LogP) is 2.47. The molecular formula is C25H22FN3O7. The Balaban J connectivity index is 1.47. The third-order valence-electron chi connectivity index (χ3n) is 4.57. The van der Waals surface area contributed by atoms with Gasteiger partial charge < -0.3 is 19.5 Å². The van der Waals surface area contributed by atoms with Crippen LogP contribution in [0.1, 0.15) is 20.7 Å². The van der Waals surface area contributed by atoms with Gasteiger partial charge in [-0.2, -0.15) is 0 Å². The van der Waals surface area contributed by atoms with E-state index in [0.29, 0.717) is 11.3 Å². The van der Waals surface area contributed by atoms with Crippen molar-refractivity contribution in [3.63, 3.8) is 0 Å². The third-order valence-corrected chi connectivity index (χ3v) is 4.57. The van der Waals surface area contributed by atoms with Crippen molar-refractivity contribution in [3.05, 3.63) is 89.7 Å². The highest BCUT2D eigenvalue weighted by atomic mass is 19.1. The minimum Gasteiger partial charge on any atom is -0.493 e. The van der Waals surface area contributed by atoms with E-state index in [1.165, 1.54) is 49.6 Å². The molecule has 10 nitrogen and oxygen atoms in total. The van der Waals surface area contributed by atoms with E-state index in [-0.39, 0.29) is 23.7 Å². The molecule has 0 aliphatic rings. The highest BCUT2D eigenvalue weighted by molar-refractivity contribution is 5.96. The number of hydrogen-bond donors (Lipinski definition) is 3. The number of nitrogens with one attached hydrogen (secondary N) is 3. The summed E-state index contributed by atoms with van der Waals surface area (Å²) in [4.78, 5) is 48.2. The van der Waals surface area contributed by atoms with Crippen LogP contribution in [0.15, 0.2) is 72.8 Å². The van der Waals surface area contributed by atoms with E-state index in [1.54, 1.807) is 30.3 Å². The third kappa shape index (κ3) is 7.55. The van der Waals surface area contributed by atoms with Crippen LogP contribution in [-0.2, 0) is 14.3 Å². The number of carbonyl (C=O) groups excluding carboxylic acids is 4. The average Bonchev–Trinajstić information content (AvgIpc) is 2.90. The maximum Gasteiger partial charge on any atom is 0.338 e. The van der Waals surface area contributed by atoms with E-state index < -0.39 is 36.1 Å². The Morgan fingerprint density at radius 3 is 2.19 bits per heavy atom. The number of carbonyl (C=O) groups is 4. The molecule has 36 heavy (non-hydrogen) atoms. The highest BCUT2D eigenvalue weighted by Gasteiger charge is 2.15. The van der Waals surface area contributed by atoms with Crippen LogP contribution < -0.4 is 25.6 Å². The van der Waals surface area contributed by atoms with Gasteiger partial charge in [-0.25, -0.2) is 9.18 Å². The van der Waals surface area contributed by atoms with Crippen molar-refractivity contribution < 1.29 is 37.8 Å². The van der Waals surface area contributed by atoms with E-state index in [4.69, 9.17) is 14.2 Å². The molecule has 186 valence electrons. The molecule has 0 aliphatic heterocycles. The Bertz CT molecular complexity index is 1230. The van der Waals surface area contributed by atoms with Crippen molar-refractivity contribution in [1.29, 1.82) is 0 Å². The summed E-state index contributed by atoms with van der Waals surface area (Å²) in [6.07, 6.45) is 0. The summed E-state index contributed by atoms with van der Waals surface area (Å²) < 4.78 is 28.5. The lowest BCUT2D eigenvalue weighted by Crippen LogP contribution is -2.43. The Kier molecular flexibility index (Phi) is 8.93. The number of methoxy groups -OCH3 is 1. The minimum atomic E-state index is -0.821. The smallest absolute Gasteiger partial charge is 0.338 e. The summed E-state index contributed by atoms with van der Waals surface area (Å²) in [5.41, 5.74) is 5.18. The number of rotatable bonds is 9. The molecule has 0 atom stereocenters. The summed E-state index contributed by atoms with van der Waals surface area (Å²) >= 11 is 0. The van der Waals surface area contributed by atoms with Gasteiger partial charge in [0.1, 0.15) is 5.82 Å². The zero-order chi connectivity index (χ0) is 25.9. The zero-order valence-electron chi connectivity index (χ0n) is 19.1. The monoisotopic (exact) mass is 495 g/mol. The second-order valence-corrected chi connectivity index (χ2v) is 7.15. The van der Waals surface area contributed by atoms with Crippen LogP contribution in [0, 0.1) is 5.82 Å². The number of hydrogen-bond acceptors (Lipinski definition) is 7. The zero-order valence-corrected chi connectivity index (χ0v) is 19.1. The first-order chi connectivity index (χ1) is 17.4. The molecule has 3 amide bonds. The van der Waals surface area contributed by atoms with Crippen LogP contribution in [-0.4, -0.2) is 44.0 Å². The van der Waals surface area contributed by atoms with E-state index in [2.05, 4.69) is 16.2 Å². The number of esters is 1. The first-order valence-electron chi connectivity index (χ1n) is 10.5. The average molecular weight is 495 g/mol. The van der Waals surface area contributed by atoms with Crippen LogP contribution in [0.4, 0.5) is 10.1 Å². The van der Waals surface area contributed by atoms with Crippen molar-refractivity contribution in [2.45, 2.75) is 0 Å². The van der Waals surface area contributed by atoms with Gasteiger partial charge in [0.05, 0.1) is 12.7 Å². The Morgan fingerprint density at radius 1 is 0.778 bits per heavy atom. The topological polar surface area (TPSA) is 132 Å². The summed E-state index contributed by atoms with van der Waals surface area (Å²) in [6.45, 7) is -1.01. The lowest BCUT2D eigenvalue weighted by Gasteiger charge is -2.12. The van der Waals surface area contributed by atoms with E-state index in [0.717, 1.165) is 0 Å². The molecule has 0 bridgehead atoms. The van der Waals surface area contributed by atoms with E-state index in [9.17, 15) is 23.6 Å². The Morgan fingerprint density at radius 2 is 1.50 bits per heavy atom. The van der Waals surface area contributed by atoms with Crippen LogP contribution >= 0.6 is 0 Å². The molecule has 0 spiro atoms. The lowest BCUT2D eigenvalue weighted by molar-refractivity contribution is -0.125. The maximum absolute atomic E-state index is 13.0. The van der Waals surface area contributed by atoms with Gasteiger partial charge in [-0.15, -0.1) is 0 Å². The molecule has 0 aliphatic carbocycles. The first-order valence-corrected chi connectivity index (χ1v) is 10.5. The Labute approximate surface area is 205 Å². The number of hydrazine groups is 1. The van der Waals surface area contributed by atoms with Crippen LogP contribution in [0.5, 0.6) is 11.5 Å². The maximum atomic E-state index is 13.0. The second kappa shape index (κ2) is 12.5. The largest absolute Gasteiger partial charge is 0.493 e. The van der Waals surface area contributed by atoms with Crippen LogP contribution in [0.25, 0.3) is 0 Å². The van der Waals surface area contributed by atoms with E-state index >= 15 is 0 Å². The number of halogens is 1. The van der Waals surface area contributed by atoms with Gasteiger partial charge in [-0.3, -0.25) is 25.2 Å². The molecule has 0 unspecified atom stereocenters. The molecule has 0 saturated heterocycles. The molecule has 3 N–H and O–H groups in total. The highest BCUT2D eigenvalue weighted by Crippen LogP contribution is 2.28. The molecule has 0 radical (unpaired) electrons. The van der Waals surface area contributed by atoms with Crippen LogP contribution in [0.3, 0.4) is 0 Å². The first kappa shape index (κ1) is 25.7. The second-order valence-electron chi connectivity index (χ2n) is 7.15. The van der Waals surface area contributed by atoms with Crippen molar-refractivity contribution in [3.8, 4) is 11.5 Å². The van der Waals surface area contributed by atoms with Gasteiger partial charge in [0.15, 0.2) is 24.7 Å². The molecule has 11 heteroatoms. The number of anilines is 1. The van der Waals surface area contributed by atoms with Crippen molar-refractivity contribution in [1.82, 2.24) is 10.9 Å². The van der Waals surface area contributed by atoms with Gasteiger partial charge in [0, 0.05) is 11.3 Å². The lowest BCUT2D eigenvalue weighted by atomic mass is 10.2. The molecule has 0 saturated carbocycles.